The van der Waals surface area contributed by atoms with Gasteiger partial charge in [0.25, 0.3) is 0 Å². The van der Waals surface area contributed by atoms with Crippen LogP contribution in [0, 0.1) is 10.1 Å². The Hall–Kier alpha value is -2.37. The molecule has 0 saturated carbocycles. The van der Waals surface area contributed by atoms with Gasteiger partial charge in [-0.25, -0.2) is 4.79 Å². The van der Waals surface area contributed by atoms with Crippen LogP contribution in [0.5, 0.6) is 5.75 Å². The fourth-order valence-corrected chi connectivity index (χ4v) is 1.53. The van der Waals surface area contributed by atoms with Gasteiger partial charge in [0.15, 0.2) is 0 Å². The highest BCUT2D eigenvalue weighted by Crippen LogP contribution is 2.33. The fraction of sp³-hybridized carbons (Fsp3) is 0.250. The number of allylic oxidation sites excluding steroid dienone is 1. The van der Waals surface area contributed by atoms with Gasteiger partial charge in [-0.1, -0.05) is 12.2 Å². The van der Waals surface area contributed by atoms with Gasteiger partial charge < -0.3 is 9.47 Å². The van der Waals surface area contributed by atoms with Gasteiger partial charge >= 0.3 is 11.7 Å². The molecule has 0 heterocycles. The first-order chi connectivity index (χ1) is 8.54. The Morgan fingerprint density at radius 1 is 1.39 bits per heavy atom. The quantitative estimate of drug-likeness (QED) is 0.466. The number of nitrogens with zero attached hydrogens (tertiary/aromatic N) is 1. The summed E-state index contributed by atoms with van der Waals surface area (Å²) < 4.78 is 9.56. The summed E-state index contributed by atoms with van der Waals surface area (Å²) in [6.07, 6.45) is 3.32. The first kappa shape index (κ1) is 13.7. The Bertz CT molecular complexity index is 507. The molecule has 18 heavy (non-hydrogen) atoms. The van der Waals surface area contributed by atoms with Crippen molar-refractivity contribution in [2.24, 2.45) is 0 Å². The molecule has 0 amide bonds. The molecule has 0 fully saturated rings. The van der Waals surface area contributed by atoms with Crippen LogP contribution in [-0.4, -0.2) is 25.1 Å². The smallest absolute Gasteiger partial charge is 0.338 e. The number of carbonyl (C=O) groups is 1. The summed E-state index contributed by atoms with van der Waals surface area (Å²) in [6, 6.07) is 2.62. The Morgan fingerprint density at radius 3 is 2.50 bits per heavy atom. The highest BCUT2D eigenvalue weighted by atomic mass is 16.6. The van der Waals surface area contributed by atoms with Gasteiger partial charge in [0.2, 0.25) is 5.75 Å². The average Bonchev–Trinajstić information content (AvgIpc) is 2.37. The predicted molar refractivity (Wildman–Crippen MR) is 65.7 cm³/mol. The van der Waals surface area contributed by atoms with Crippen LogP contribution >= 0.6 is 0 Å². The van der Waals surface area contributed by atoms with E-state index in [2.05, 4.69) is 4.74 Å². The molecule has 1 aromatic carbocycles. The lowest BCUT2D eigenvalue weighted by Gasteiger charge is -2.08. The summed E-state index contributed by atoms with van der Waals surface area (Å²) in [5.41, 5.74) is 0.293. The molecule has 0 atom stereocenters. The van der Waals surface area contributed by atoms with E-state index in [9.17, 15) is 14.9 Å². The van der Waals surface area contributed by atoms with Crippen molar-refractivity contribution >= 4 is 17.7 Å². The molecule has 0 unspecified atom stereocenters. The van der Waals surface area contributed by atoms with E-state index in [-0.39, 0.29) is 17.0 Å². The number of esters is 1. The highest BCUT2D eigenvalue weighted by Gasteiger charge is 2.22. The maximum atomic E-state index is 11.4. The molecule has 0 saturated heterocycles. The molecular formula is C12H13NO5. The van der Waals surface area contributed by atoms with E-state index in [1.165, 1.54) is 20.3 Å². The van der Waals surface area contributed by atoms with Crippen molar-refractivity contribution in [1.82, 2.24) is 0 Å². The third-order valence-electron chi connectivity index (χ3n) is 2.27. The molecule has 6 nitrogen and oxygen atoms in total. The maximum absolute atomic E-state index is 11.4. The topological polar surface area (TPSA) is 78.7 Å². The second-order valence-electron chi connectivity index (χ2n) is 3.37. The van der Waals surface area contributed by atoms with E-state index in [1.54, 1.807) is 19.1 Å². The second-order valence-corrected chi connectivity index (χ2v) is 3.37. The standard InChI is InChI=1S/C12H13NO5/c1-4-5-8-6-9(12(14)18-3)7-10(13(15)16)11(8)17-2/h4-7H,1-3H3/b5-4+. The molecular weight excluding hydrogens is 238 g/mol. The van der Waals surface area contributed by atoms with Crippen molar-refractivity contribution in [1.29, 1.82) is 0 Å². The van der Waals surface area contributed by atoms with Gasteiger partial charge in [-0.15, -0.1) is 0 Å². The van der Waals surface area contributed by atoms with Crippen LogP contribution in [0.4, 0.5) is 5.69 Å². The van der Waals surface area contributed by atoms with Crippen LogP contribution in [0.15, 0.2) is 18.2 Å². The molecule has 0 aliphatic rings. The molecule has 0 N–H and O–H groups in total. The third-order valence-corrected chi connectivity index (χ3v) is 2.27. The first-order valence-electron chi connectivity index (χ1n) is 5.12. The molecule has 1 aromatic rings. The van der Waals surface area contributed by atoms with Crippen molar-refractivity contribution in [3.63, 3.8) is 0 Å². The zero-order valence-corrected chi connectivity index (χ0v) is 10.3. The molecule has 0 aliphatic carbocycles. The summed E-state index contributed by atoms with van der Waals surface area (Å²) in [4.78, 5) is 21.8. The minimum atomic E-state index is -0.633. The monoisotopic (exact) mass is 251 g/mol. The van der Waals surface area contributed by atoms with E-state index in [4.69, 9.17) is 4.74 Å². The molecule has 1 rings (SSSR count). The first-order valence-corrected chi connectivity index (χ1v) is 5.12. The van der Waals surface area contributed by atoms with E-state index < -0.39 is 10.9 Å². The van der Waals surface area contributed by atoms with Gasteiger partial charge in [0, 0.05) is 11.6 Å². The van der Waals surface area contributed by atoms with Gasteiger partial charge in [0.1, 0.15) is 0 Å². The maximum Gasteiger partial charge on any atom is 0.338 e. The minimum Gasteiger partial charge on any atom is -0.490 e. The van der Waals surface area contributed by atoms with Gasteiger partial charge in [0.05, 0.1) is 24.7 Å². The summed E-state index contributed by atoms with van der Waals surface area (Å²) in [6.45, 7) is 1.76. The third kappa shape index (κ3) is 2.65. The number of hydrogen-bond acceptors (Lipinski definition) is 5. The minimum absolute atomic E-state index is 0.109. The number of benzene rings is 1. The highest BCUT2D eigenvalue weighted by molar-refractivity contribution is 5.92. The molecule has 0 bridgehead atoms. The lowest BCUT2D eigenvalue weighted by atomic mass is 10.1. The summed E-state index contributed by atoms with van der Waals surface area (Å²) in [7, 11) is 2.56. The number of nitro groups is 1. The molecule has 0 aliphatic heterocycles. The van der Waals surface area contributed by atoms with Crippen molar-refractivity contribution in [2.75, 3.05) is 14.2 Å². The summed E-state index contributed by atoms with van der Waals surface area (Å²) in [5, 5.41) is 10.9. The van der Waals surface area contributed by atoms with E-state index in [0.717, 1.165) is 6.07 Å². The fourth-order valence-electron chi connectivity index (χ4n) is 1.53. The van der Waals surface area contributed by atoms with Crippen molar-refractivity contribution in [3.05, 3.63) is 39.4 Å². The summed E-state index contributed by atoms with van der Waals surface area (Å²) in [5.74, 6) is -0.516. The van der Waals surface area contributed by atoms with Crippen LogP contribution in [0.1, 0.15) is 22.8 Å². The molecule has 0 spiro atoms. The van der Waals surface area contributed by atoms with Crippen LogP contribution < -0.4 is 4.74 Å². The molecule has 0 aromatic heterocycles. The van der Waals surface area contributed by atoms with Crippen molar-refractivity contribution < 1.29 is 19.2 Å². The van der Waals surface area contributed by atoms with Crippen LogP contribution in [0.25, 0.3) is 6.08 Å². The number of ether oxygens (including phenoxy) is 2. The normalized spacial score (nSPS) is 10.4. The molecule has 6 heteroatoms. The zero-order chi connectivity index (χ0) is 13.7. The van der Waals surface area contributed by atoms with E-state index in [0.29, 0.717) is 5.56 Å². The van der Waals surface area contributed by atoms with Gasteiger partial charge in [-0.05, 0) is 13.0 Å². The number of rotatable bonds is 4. The number of methoxy groups -OCH3 is 2. The number of nitro benzene ring substituents is 1. The van der Waals surface area contributed by atoms with E-state index in [1.807, 2.05) is 0 Å². The van der Waals surface area contributed by atoms with Crippen LogP contribution in [-0.2, 0) is 4.74 Å². The van der Waals surface area contributed by atoms with Crippen LogP contribution in [0.3, 0.4) is 0 Å². The number of carbonyl (C=O) groups excluding carboxylic acids is 1. The zero-order valence-electron chi connectivity index (χ0n) is 10.3. The van der Waals surface area contributed by atoms with Crippen molar-refractivity contribution in [2.45, 2.75) is 6.92 Å². The lowest BCUT2D eigenvalue weighted by molar-refractivity contribution is -0.385. The lowest BCUT2D eigenvalue weighted by Crippen LogP contribution is -2.04. The Kier molecular flexibility index (Phi) is 4.42. The number of hydrogen-bond donors (Lipinski definition) is 0. The SMILES string of the molecule is C/C=C/c1cc(C(=O)OC)cc([N+](=O)[O-])c1OC. The van der Waals surface area contributed by atoms with Gasteiger partial charge in [-0.3, -0.25) is 10.1 Å². The molecule has 96 valence electrons. The largest absolute Gasteiger partial charge is 0.490 e. The summed E-state index contributed by atoms with van der Waals surface area (Å²) >= 11 is 0. The van der Waals surface area contributed by atoms with Crippen molar-refractivity contribution in [3.8, 4) is 5.75 Å². The van der Waals surface area contributed by atoms with Gasteiger partial charge in [-0.2, -0.15) is 0 Å². The average molecular weight is 251 g/mol. The Morgan fingerprint density at radius 2 is 2.06 bits per heavy atom. The second kappa shape index (κ2) is 5.81. The van der Waals surface area contributed by atoms with Crippen LogP contribution in [0.2, 0.25) is 0 Å². The Balaban J connectivity index is 3.53. The van der Waals surface area contributed by atoms with E-state index >= 15 is 0 Å². The predicted octanol–water partition coefficient (Wildman–Crippen LogP) is 2.42. The molecule has 0 radical (unpaired) electrons. The Labute approximate surface area is 104 Å².